The van der Waals surface area contributed by atoms with Gasteiger partial charge in [0.05, 0.1) is 32.0 Å². The summed E-state index contributed by atoms with van der Waals surface area (Å²) in [6, 6.07) is -0.933. The molecule has 9 N–H and O–H groups in total. The third-order valence-corrected chi connectivity index (χ3v) is 7.84. The predicted octanol–water partition coefficient (Wildman–Crippen LogP) is -0.698. The zero-order chi connectivity index (χ0) is 34.1. The summed E-state index contributed by atoms with van der Waals surface area (Å²) in [5, 5.41) is 84.3. The Labute approximate surface area is 270 Å². The molecule has 12 atom stereocenters. The first kappa shape index (κ1) is 40.4. The largest absolute Gasteiger partial charge is 0.394 e. The fourth-order valence-electron chi connectivity index (χ4n) is 5.12. The first-order chi connectivity index (χ1) is 22.0. The van der Waals surface area contributed by atoms with Crippen LogP contribution in [0, 0.1) is 0 Å². The van der Waals surface area contributed by atoms with E-state index in [1.54, 1.807) is 6.08 Å². The maximum Gasteiger partial charge on any atom is 0.217 e. The summed E-state index contributed by atoms with van der Waals surface area (Å²) in [4.78, 5) is 11.8. The van der Waals surface area contributed by atoms with Crippen molar-refractivity contribution in [2.24, 2.45) is 0 Å². The van der Waals surface area contributed by atoms with Gasteiger partial charge in [0.25, 0.3) is 0 Å². The molecule has 14 nitrogen and oxygen atoms in total. The van der Waals surface area contributed by atoms with Crippen LogP contribution in [-0.2, 0) is 23.7 Å². The zero-order valence-electron chi connectivity index (χ0n) is 26.8. The van der Waals surface area contributed by atoms with Gasteiger partial charge >= 0.3 is 0 Å². The molecule has 2 rings (SSSR count). The predicted molar refractivity (Wildman–Crippen MR) is 166 cm³/mol. The van der Waals surface area contributed by atoms with E-state index in [-0.39, 0.29) is 6.61 Å². The Kier molecular flexibility index (Phi) is 19.3. The summed E-state index contributed by atoms with van der Waals surface area (Å²) in [5.41, 5.74) is 0. The molecule has 0 aromatic carbocycles. The van der Waals surface area contributed by atoms with E-state index in [0.29, 0.717) is 6.42 Å². The van der Waals surface area contributed by atoms with Crippen LogP contribution in [0.3, 0.4) is 0 Å². The van der Waals surface area contributed by atoms with Gasteiger partial charge in [-0.3, -0.25) is 4.79 Å². The van der Waals surface area contributed by atoms with Crippen molar-refractivity contribution < 1.29 is 64.6 Å². The molecule has 12 unspecified atom stereocenters. The third kappa shape index (κ3) is 13.0. The van der Waals surface area contributed by atoms with Gasteiger partial charge in [-0.2, -0.15) is 0 Å². The van der Waals surface area contributed by atoms with Gasteiger partial charge in [0.2, 0.25) is 5.91 Å². The molecule has 0 bridgehead atoms. The maximum atomic E-state index is 11.8. The minimum atomic E-state index is -1.79. The number of hydrogen-bond acceptors (Lipinski definition) is 13. The number of unbranched alkanes of at least 4 members (excludes halogenated alkanes) is 5. The fraction of sp³-hybridized carbons (Fsp3) is 0.781. The van der Waals surface area contributed by atoms with Gasteiger partial charge in [-0.25, -0.2) is 0 Å². The summed E-state index contributed by atoms with van der Waals surface area (Å²) in [7, 11) is 0. The number of aliphatic hydroxyl groups is 8. The quantitative estimate of drug-likeness (QED) is 0.0582. The lowest BCUT2D eigenvalue weighted by molar-refractivity contribution is -0.359. The lowest BCUT2D eigenvalue weighted by Gasteiger charge is -2.46. The fourth-order valence-corrected chi connectivity index (χ4v) is 5.12. The van der Waals surface area contributed by atoms with Crippen molar-refractivity contribution in [2.45, 2.75) is 139 Å². The molecule has 14 heteroatoms. The lowest BCUT2D eigenvalue weighted by Crippen LogP contribution is -2.65. The topological polar surface area (TPSA) is 228 Å². The molecule has 266 valence electrons. The highest BCUT2D eigenvalue weighted by molar-refractivity contribution is 5.73. The number of carbonyl (C=O) groups is 1. The van der Waals surface area contributed by atoms with Crippen molar-refractivity contribution in [3.8, 4) is 0 Å². The molecular weight excluding hydrogens is 606 g/mol. The van der Waals surface area contributed by atoms with E-state index in [4.69, 9.17) is 18.9 Å². The minimum Gasteiger partial charge on any atom is -0.394 e. The Morgan fingerprint density at radius 1 is 0.761 bits per heavy atom. The number of amides is 1. The Hall–Kier alpha value is -1.79. The Morgan fingerprint density at radius 2 is 1.33 bits per heavy atom. The second-order valence-corrected chi connectivity index (χ2v) is 11.7. The number of carbonyl (C=O) groups excluding carboxylic acids is 1. The van der Waals surface area contributed by atoms with Crippen LogP contribution in [0.4, 0.5) is 0 Å². The molecule has 1 amide bonds. The molecule has 0 spiro atoms. The number of ether oxygens (including phenoxy) is 4. The van der Waals surface area contributed by atoms with Crippen molar-refractivity contribution in [3.05, 3.63) is 36.5 Å². The molecule has 2 fully saturated rings. The van der Waals surface area contributed by atoms with Gasteiger partial charge in [-0.1, -0.05) is 56.2 Å². The van der Waals surface area contributed by atoms with Crippen molar-refractivity contribution >= 4 is 5.91 Å². The van der Waals surface area contributed by atoms with Crippen molar-refractivity contribution in [1.29, 1.82) is 0 Å². The highest BCUT2D eigenvalue weighted by atomic mass is 16.7. The molecule has 2 aliphatic rings. The Morgan fingerprint density at radius 3 is 1.91 bits per heavy atom. The molecule has 0 saturated carbocycles. The van der Waals surface area contributed by atoms with Gasteiger partial charge in [-0.15, -0.1) is 0 Å². The van der Waals surface area contributed by atoms with Gasteiger partial charge in [0.15, 0.2) is 12.6 Å². The zero-order valence-corrected chi connectivity index (χ0v) is 26.8. The molecule has 2 saturated heterocycles. The molecule has 0 aliphatic carbocycles. The van der Waals surface area contributed by atoms with Crippen LogP contribution >= 0.6 is 0 Å². The molecule has 0 aromatic heterocycles. The summed E-state index contributed by atoms with van der Waals surface area (Å²) in [6.45, 7) is 1.70. The number of allylic oxidation sites excluding steroid dienone is 5. The highest BCUT2D eigenvalue weighted by Gasteiger charge is 2.50. The summed E-state index contributed by atoms with van der Waals surface area (Å²) in [5.74, 6) is -0.435. The normalized spacial score (nSPS) is 33.6. The SMILES string of the molecule is CCCCC/C=C/CC/C=C/CC/C=C/C(O)C(COC1OC(CO)C(OC2OC(CO)C(O)C(O)C2O)C(O)C1O)NC(C)=O. The number of aliphatic hydroxyl groups excluding tert-OH is 8. The third-order valence-electron chi connectivity index (χ3n) is 7.84. The van der Waals surface area contributed by atoms with E-state index in [0.717, 1.165) is 25.7 Å². The highest BCUT2D eigenvalue weighted by Crippen LogP contribution is 2.29. The number of rotatable bonds is 20. The van der Waals surface area contributed by atoms with Gasteiger partial charge in [0, 0.05) is 6.92 Å². The number of nitrogens with one attached hydrogen (secondary N) is 1. The van der Waals surface area contributed by atoms with E-state index < -0.39 is 92.7 Å². The van der Waals surface area contributed by atoms with Gasteiger partial charge in [-0.05, 0) is 38.5 Å². The van der Waals surface area contributed by atoms with E-state index in [1.807, 2.05) is 0 Å². The molecular formula is C32H55NO13. The average Bonchev–Trinajstić information content (AvgIpc) is 3.04. The average molecular weight is 662 g/mol. The Balaban J connectivity index is 1.87. The van der Waals surface area contributed by atoms with E-state index in [9.17, 15) is 45.6 Å². The van der Waals surface area contributed by atoms with E-state index in [2.05, 4.69) is 36.5 Å². The molecule has 2 aliphatic heterocycles. The van der Waals surface area contributed by atoms with Crippen LogP contribution in [0.15, 0.2) is 36.5 Å². The first-order valence-electron chi connectivity index (χ1n) is 16.2. The van der Waals surface area contributed by atoms with Crippen LogP contribution in [0.1, 0.15) is 65.2 Å². The Bertz CT molecular complexity index is 930. The van der Waals surface area contributed by atoms with Gasteiger partial charge < -0.3 is 65.1 Å². The molecule has 0 radical (unpaired) electrons. The van der Waals surface area contributed by atoms with E-state index >= 15 is 0 Å². The molecule has 0 aromatic rings. The maximum absolute atomic E-state index is 11.8. The van der Waals surface area contributed by atoms with Crippen LogP contribution in [0.2, 0.25) is 0 Å². The van der Waals surface area contributed by atoms with Crippen molar-refractivity contribution in [3.63, 3.8) is 0 Å². The van der Waals surface area contributed by atoms with Gasteiger partial charge in [0.1, 0.15) is 48.8 Å². The van der Waals surface area contributed by atoms with Crippen LogP contribution in [-0.4, -0.2) is 140 Å². The van der Waals surface area contributed by atoms with Crippen LogP contribution in [0.25, 0.3) is 0 Å². The smallest absolute Gasteiger partial charge is 0.217 e. The molecule has 2 heterocycles. The lowest BCUT2D eigenvalue weighted by atomic mass is 9.97. The summed E-state index contributed by atoms with van der Waals surface area (Å²) in [6.07, 6.45) is 3.15. The number of hydrogen-bond donors (Lipinski definition) is 9. The first-order valence-corrected chi connectivity index (χ1v) is 16.2. The van der Waals surface area contributed by atoms with Crippen LogP contribution in [0.5, 0.6) is 0 Å². The van der Waals surface area contributed by atoms with Crippen molar-refractivity contribution in [1.82, 2.24) is 5.32 Å². The molecule has 46 heavy (non-hydrogen) atoms. The second-order valence-electron chi connectivity index (χ2n) is 11.7. The van der Waals surface area contributed by atoms with Crippen molar-refractivity contribution in [2.75, 3.05) is 19.8 Å². The second kappa shape index (κ2) is 22.0. The minimum absolute atomic E-state index is 0.332. The standard InChI is InChI=1S/C32H55NO13/c1-3-4-5-6-7-8-9-10-11-12-13-14-15-16-22(37)21(33-20(2)36)19-43-31-29(42)27(40)30(24(18-35)45-31)46-32-28(41)26(39)25(38)23(17-34)44-32/h7-8,11-12,15-16,21-32,34-35,37-42H,3-6,9-10,13-14,17-19H2,1-2H3,(H,33,36)/b8-7+,12-11+,16-15+. The van der Waals surface area contributed by atoms with E-state index in [1.165, 1.54) is 32.3 Å². The monoisotopic (exact) mass is 661 g/mol. The summed E-state index contributed by atoms with van der Waals surface area (Å²) < 4.78 is 22.0. The summed E-state index contributed by atoms with van der Waals surface area (Å²) >= 11 is 0. The van der Waals surface area contributed by atoms with Crippen LogP contribution < -0.4 is 5.32 Å².